The number of methoxy groups -OCH3 is 1. The fourth-order valence-electron chi connectivity index (χ4n) is 15.6. The van der Waals surface area contributed by atoms with E-state index in [1.807, 2.05) is 159 Å². The summed E-state index contributed by atoms with van der Waals surface area (Å²) in [6.07, 6.45) is 16.0. The largest absolute Gasteiger partial charge is 0.497 e. The molecule has 19 rings (SSSR count). The molecule has 0 aliphatic carbocycles. The second-order valence-corrected chi connectivity index (χ2v) is 35.7. The fraction of sp³-hybridized carbons (Fsp3) is 0.358. The number of amides is 2. The lowest BCUT2D eigenvalue weighted by Crippen LogP contribution is -2.38. The molecule has 1 aliphatic rings. The van der Waals surface area contributed by atoms with Crippen molar-refractivity contribution in [3.8, 4) is 29.5 Å². The fourth-order valence-corrected chi connectivity index (χ4v) is 17.2. The number of nitriles is 2. The summed E-state index contributed by atoms with van der Waals surface area (Å²) in [6, 6.07) is 38.7. The van der Waals surface area contributed by atoms with Gasteiger partial charge in [-0.2, -0.15) is 83.8 Å². The molecule has 0 saturated heterocycles. The maximum Gasteiger partial charge on any atom is 0.461 e. The minimum atomic E-state index is -3.90. The molecule has 50 heteroatoms. The van der Waals surface area contributed by atoms with Gasteiger partial charge in [0.05, 0.1) is 59.1 Å². The molecule has 0 saturated carbocycles. The van der Waals surface area contributed by atoms with Crippen molar-refractivity contribution in [2.24, 2.45) is 4.99 Å². The molecule has 1 unspecified atom stereocenters. The van der Waals surface area contributed by atoms with Gasteiger partial charge in [0.15, 0.2) is 52.5 Å². The predicted octanol–water partition coefficient (Wildman–Crippen LogP) is 13.4. The third-order valence-electron chi connectivity index (χ3n) is 23.3. The van der Waals surface area contributed by atoms with Crippen LogP contribution in [0.2, 0.25) is 5.02 Å². The lowest BCUT2D eigenvalue weighted by atomic mass is 10.1. The average molecular weight is 2030 g/mol. The topological polar surface area (TPSA) is 610 Å². The first-order valence-corrected chi connectivity index (χ1v) is 48.1. The lowest BCUT2D eigenvalue weighted by Gasteiger charge is -2.20. The van der Waals surface area contributed by atoms with Crippen molar-refractivity contribution >= 4 is 101 Å². The van der Waals surface area contributed by atoms with Gasteiger partial charge < -0.3 is 51.6 Å². The van der Waals surface area contributed by atoms with E-state index >= 15 is 0 Å². The van der Waals surface area contributed by atoms with Gasteiger partial charge in [-0.05, 0) is 171 Å². The lowest BCUT2D eigenvalue weighted by molar-refractivity contribution is -0.253. The van der Waals surface area contributed by atoms with Gasteiger partial charge in [-0.1, -0.05) is 162 Å². The number of para-hydroxylation sites is 1. The Morgan fingerprint density at radius 2 is 1.22 bits per heavy atom. The number of nitrogens with one attached hydrogen (secondary N) is 8. The molecule has 0 bridgehead atoms. The number of aryl methyl sites for hydroxylation is 9. The van der Waals surface area contributed by atoms with Gasteiger partial charge in [0.2, 0.25) is 10.9 Å². The van der Waals surface area contributed by atoms with Crippen LogP contribution in [0, 0.1) is 78.1 Å². The Kier molecular flexibility index (Phi) is 35.0. The van der Waals surface area contributed by atoms with Gasteiger partial charge in [-0.15, -0.1) is 23.7 Å². The Hall–Kier alpha value is -16.8. The minimum Gasteiger partial charge on any atom is -0.497 e. The number of carbonyl (C=O) groups excluding carboxylic acids is 2. The standard InChI is InChI=1S/C25H38N4O4.C18H19N5O4.C14H14N4O3.C11H12ClN5O3S.C11H10N2O3.C10H12N2O3.C6H4N4O2/c1-3-4-5-6-7-8-9-10-11-12-13-18-31-24-20(2)23-28-33-25(29(23)27-24)26-22-16-14-21(15-17-22)19-32-30;1-4-14(26-15-6-5-10(2)7-11(15)3)17(24)20-9-13-12(8-19)16-22-27-18(25)23(16)21-13;1-3-17(10-7-5-4-6-8-10)13(19)11-9(2)15-18-12(11)16-21-14(18)20;1-7-3-4-9(8(12)5-7)16(2)21(18,19)11-10-14-20-6-17(10)15-13-11;1-6-8-5-7(15-2)3-4-9(8)13-10(6)12-16-11(13)14;1-3-4-7-5-6(2)9(13)12-8(7)11-15-10(12)14;1-3-4(2-7)5-9-12-6(11)10(5)8-3/h14-17,28,30H,3-13,18-19H2,1-2H3;5-7,14,22H,4,9H2,1-3H3,(H,20,24);4-8,16H,3H2,1-2H3;3-5,14H,6H2,1-2H3;3-5,12H,1-2H3;5,11H,3-4H2,1-2H3;9H,1H3. The Bertz CT molecular complexity index is 8270. The van der Waals surface area contributed by atoms with Crippen molar-refractivity contribution in [2.75, 3.05) is 42.0 Å². The molecule has 0 spiro atoms. The van der Waals surface area contributed by atoms with Crippen LogP contribution in [0.1, 0.15) is 194 Å². The van der Waals surface area contributed by atoms with Crippen molar-refractivity contribution in [2.45, 2.75) is 204 Å². The van der Waals surface area contributed by atoms with E-state index in [4.69, 9.17) is 50.2 Å². The number of nitrogens with zero attached hydrogens (tertiary/aromatic N) is 18. The molecule has 2 amide bonds. The number of hydrogen-bond acceptors (Lipinski definition) is 32. The zero-order valence-corrected chi connectivity index (χ0v) is 83.4. The maximum atomic E-state index is 12.8. The molecule has 9 N–H and O–H groups in total. The molecular weight excluding hydrogens is 1920 g/mol. The summed E-state index contributed by atoms with van der Waals surface area (Å²) >= 11 is 6.12. The summed E-state index contributed by atoms with van der Waals surface area (Å²) in [6.45, 7) is 24.1. The number of aromatic amines is 6. The quantitative estimate of drug-likeness (QED) is 0.0111. The molecule has 5 aromatic carbocycles. The molecule has 13 aromatic heterocycles. The van der Waals surface area contributed by atoms with E-state index in [-0.39, 0.29) is 70.7 Å². The highest BCUT2D eigenvalue weighted by Crippen LogP contribution is 2.34. The van der Waals surface area contributed by atoms with Crippen molar-refractivity contribution < 1.29 is 74.3 Å². The van der Waals surface area contributed by atoms with Crippen LogP contribution in [0.4, 0.5) is 22.9 Å². The van der Waals surface area contributed by atoms with Gasteiger partial charge >= 0.3 is 34.5 Å². The van der Waals surface area contributed by atoms with E-state index in [0.717, 1.165) is 108 Å². The van der Waals surface area contributed by atoms with Crippen LogP contribution in [0.15, 0.2) is 181 Å². The second kappa shape index (κ2) is 48.1. The third kappa shape index (κ3) is 24.0. The summed E-state index contributed by atoms with van der Waals surface area (Å²) in [5, 5.41) is 69.2. The number of carbonyl (C=O) groups is 2. The van der Waals surface area contributed by atoms with Crippen LogP contribution in [-0.4, -0.2) is 152 Å². The zero-order valence-electron chi connectivity index (χ0n) is 81.8. The van der Waals surface area contributed by atoms with E-state index in [1.54, 1.807) is 61.6 Å². The number of pyridine rings is 1. The molecular formula is C95H109ClN26O22S. The summed E-state index contributed by atoms with van der Waals surface area (Å²) < 4.78 is 80.3. The Morgan fingerprint density at radius 3 is 1.86 bits per heavy atom. The van der Waals surface area contributed by atoms with Crippen molar-refractivity contribution in [1.82, 2.24) is 98.5 Å². The molecule has 48 nitrogen and oxygen atoms in total. The van der Waals surface area contributed by atoms with Gasteiger partial charge in [-0.25, -0.2) is 38.7 Å². The normalized spacial score (nSPS) is 11.8. The first-order chi connectivity index (χ1) is 69.8. The average Bonchev–Trinajstić information content (AvgIpc) is 1.59. The van der Waals surface area contributed by atoms with Crippen LogP contribution in [0.3, 0.4) is 0 Å². The number of hydrogen-bond donors (Lipinski definition) is 9. The van der Waals surface area contributed by atoms with Crippen molar-refractivity contribution in [1.29, 1.82) is 10.5 Å². The number of benzene rings is 5. The monoisotopic (exact) mass is 2030 g/mol. The van der Waals surface area contributed by atoms with E-state index in [2.05, 4.69) is 107 Å². The zero-order chi connectivity index (χ0) is 104. The third-order valence-corrected chi connectivity index (χ3v) is 25.3. The van der Waals surface area contributed by atoms with Crippen LogP contribution >= 0.6 is 11.6 Å². The van der Waals surface area contributed by atoms with E-state index in [9.17, 15) is 52.0 Å². The predicted molar refractivity (Wildman–Crippen MR) is 528 cm³/mol. The minimum absolute atomic E-state index is 0.0105. The SMILES string of the molecule is CCC(Oc1ccc(C)cc1C)C(=O)NCc1nn2c(=O)o[nH]c2c1C#N.CCCCCCCCCCCCCOc1nn2c(=Nc3ccc(COO)cc3)o[nH]c2c1C.CCCc1cc(C)c(=O)n2c(=O)o[nH]c12.CCN(C(=O)c1c(C)nn2c(=O)o[nH]c12)c1ccccc1.COc1ccc2c(c1)c(C)c1[nH]oc(=O)n12.Cc1ccc(N(C)S(=O)(=O)c2nnn3c2NOC3)c(Cl)c1.Cc1nn2c(=O)o[nH]c2c1C#N. The number of sulfonamides is 1. The summed E-state index contributed by atoms with van der Waals surface area (Å²) in [7, 11) is -0.869. The Balaban J connectivity index is 0.000000145. The smallest absolute Gasteiger partial charge is 0.461 e. The number of unbranched alkanes of at least 4 members (excludes halogenated alkanes) is 10. The van der Waals surface area contributed by atoms with E-state index in [1.165, 1.54) is 80.3 Å². The van der Waals surface area contributed by atoms with Crippen LogP contribution in [0.5, 0.6) is 17.4 Å². The van der Waals surface area contributed by atoms with Gasteiger partial charge in [0.25, 0.3) is 27.4 Å². The van der Waals surface area contributed by atoms with E-state index in [0.29, 0.717) is 98.3 Å². The number of anilines is 3. The number of fused-ring (bicyclic) bond motifs is 9. The number of H-pyrrole nitrogens is 6. The number of ether oxygens (including phenoxy) is 3. The highest BCUT2D eigenvalue weighted by molar-refractivity contribution is 7.92. The van der Waals surface area contributed by atoms with E-state index < -0.39 is 44.9 Å². The summed E-state index contributed by atoms with van der Waals surface area (Å²) in [5.74, 6) is -1.39. The Labute approximate surface area is 828 Å². The molecule has 1 atom stereocenters. The molecule has 145 heavy (non-hydrogen) atoms. The van der Waals surface area contributed by atoms with Crippen molar-refractivity contribution in [3.63, 3.8) is 0 Å². The second-order valence-electron chi connectivity index (χ2n) is 33.4. The number of halogens is 1. The highest BCUT2D eigenvalue weighted by Gasteiger charge is 2.34. The first-order valence-electron chi connectivity index (χ1n) is 46.3. The molecule has 1 aliphatic heterocycles. The van der Waals surface area contributed by atoms with Gasteiger partial charge in [-0.3, -0.25) is 28.8 Å². The van der Waals surface area contributed by atoms with Crippen LogP contribution in [0.25, 0.3) is 44.8 Å². The molecule has 764 valence electrons. The van der Waals surface area contributed by atoms with Crippen LogP contribution < -0.4 is 74.2 Å². The number of aromatic nitrogens is 19. The molecule has 14 heterocycles. The van der Waals surface area contributed by atoms with Crippen molar-refractivity contribution in [3.05, 3.63) is 267 Å². The molecule has 0 radical (unpaired) electrons. The van der Waals surface area contributed by atoms with Gasteiger partial charge in [0.1, 0.15) is 52.6 Å². The first kappa shape index (κ1) is 106. The summed E-state index contributed by atoms with van der Waals surface area (Å²) in [5.41, 5.74) is 17.1. The molecule has 18 aromatic rings. The highest BCUT2D eigenvalue weighted by atomic mass is 35.5. The maximum absolute atomic E-state index is 12.8. The number of rotatable bonds is 31. The summed E-state index contributed by atoms with van der Waals surface area (Å²) in [4.78, 5) is 109. The van der Waals surface area contributed by atoms with Crippen LogP contribution in [-0.2, 0) is 50.8 Å². The molecule has 0 fully saturated rings. The van der Waals surface area contributed by atoms with Gasteiger partial charge in [0, 0.05) is 35.8 Å². The Morgan fingerprint density at radius 1 is 0.621 bits per heavy atom.